The number of unbranched alkanes of at least 4 members (excludes halogenated alkanes) is 1. The Bertz CT molecular complexity index is 3540. The first kappa shape index (κ1) is 119. The van der Waals surface area contributed by atoms with Gasteiger partial charge < -0.3 is 120 Å². The molecule has 0 spiro atoms. The molecule has 0 aromatic heterocycles. The Labute approximate surface area is 774 Å². The Morgan fingerprint density at radius 3 is 1.67 bits per heavy atom. The molecule has 732 valence electrons. The molecular weight excluding hydrogens is 1830 g/mol. The third-order valence-electron chi connectivity index (χ3n) is 18.8. The summed E-state index contributed by atoms with van der Waals surface area (Å²) >= 11 is -0.907. The number of hydrogen-bond donors (Lipinski definition) is 11. The van der Waals surface area contributed by atoms with Gasteiger partial charge in [-0.2, -0.15) is 26.2 Å². The number of aliphatic carboxylic acids is 1. The van der Waals surface area contributed by atoms with Crippen LogP contribution < -0.4 is 54.4 Å². The van der Waals surface area contributed by atoms with Crippen molar-refractivity contribution in [3.8, 4) is 0 Å². The number of rotatable bonds is 62. The minimum atomic E-state index is -1.91. The van der Waals surface area contributed by atoms with E-state index >= 15 is 0 Å². The van der Waals surface area contributed by atoms with Gasteiger partial charge in [0.2, 0.25) is 47.3 Å². The number of nitrogens with two attached hydrogens (primary N) is 3. The molecular formula is C83H135N15O27S3Tc-3. The predicted octanol–water partition coefficient (Wildman–Crippen LogP) is 2.13. The van der Waals surface area contributed by atoms with Crippen molar-refractivity contribution in [2.24, 2.45) is 45.9 Å². The number of amides is 8. The van der Waals surface area contributed by atoms with Crippen molar-refractivity contribution in [1.82, 2.24) is 37.2 Å². The number of hydrogen-bond acceptors (Lipinski definition) is 30. The normalized spacial score (nSPS) is 18.2. The van der Waals surface area contributed by atoms with Gasteiger partial charge in [0.1, 0.15) is 38.3 Å². The van der Waals surface area contributed by atoms with Crippen molar-refractivity contribution >= 4 is 133 Å². The van der Waals surface area contributed by atoms with Crippen LogP contribution in [0.2, 0.25) is 0 Å². The molecule has 42 nitrogen and oxygen atoms in total. The summed E-state index contributed by atoms with van der Waals surface area (Å²) in [6.45, 7) is 9.88. The minimum absolute atomic E-state index is 0.00753. The molecule has 1 aromatic rings. The average Bonchev–Trinajstić information content (AvgIpc) is 1.24. The second kappa shape index (κ2) is 78.8. The van der Waals surface area contributed by atoms with Crippen LogP contribution in [0.5, 0.6) is 0 Å². The van der Waals surface area contributed by atoms with Gasteiger partial charge in [0.25, 0.3) is 0 Å². The molecule has 2 aliphatic rings. The molecule has 0 aliphatic carbocycles. The number of carboxylic acid groups (broad SMARTS) is 1. The third kappa shape index (κ3) is 65.5. The fourth-order valence-electron chi connectivity index (χ4n) is 12.3. The molecule has 2 saturated heterocycles. The molecule has 2 fully saturated rings. The van der Waals surface area contributed by atoms with E-state index in [1.54, 1.807) is 37.3 Å². The Balaban J connectivity index is 0.00000173. The molecule has 3 rings (SSSR count). The van der Waals surface area contributed by atoms with Gasteiger partial charge in [-0.25, -0.2) is 0 Å². The third-order valence-corrected chi connectivity index (χ3v) is 22.2. The van der Waals surface area contributed by atoms with Gasteiger partial charge in [-0.3, -0.25) is 81.7 Å². The van der Waals surface area contributed by atoms with E-state index in [-0.39, 0.29) is 187 Å². The standard InChI is InChI=1S/C59H91N13O14S3.C24H44N2O11.2O.Tc/c1-2-86-24-10-16-49(75)46-34-87-37-53(79)69-45(15-6-7-20-66-52(78)17-8-14-43(73)26-39(31-64-22-18-60)32-65-23-19-61)58(85)72-48-36-89-88-35-47(51(77)29-41(56(83)70-46)25-38-11-4-3-5-12-38)71-57(84)42(30-54(80)81)27-44(74)33-68-55(82)40(28-50(48)76)13-9-21-67-59(62)63;1-2-31-11-12-32-8-3-5-21(27)17-36-18-22(28)6-4-9-33-13-15-35-16-14-34-10-7-26-24(30)20-37-19-23(25)29;;;/h3-5,11-12,39-42,45-48,60-61H,2,6-10,13-37H2,1H3,(H,66,78)(H,68,82)(H,69,79)(H,70,83)(H,71,84)(H,72,85)(H,80,81)(H4,62,63,67);2-20H2,1H3,(H2,25,29)(H,26,30);;;/q-4;;;;+1/t40-,41-,42+,45+,46+,47+,48+;;;;/m1..../s1. The number of carbonyl (C=O) groups excluding carboxylic acids is 15. The van der Waals surface area contributed by atoms with Crippen molar-refractivity contribution in [1.29, 1.82) is 0 Å². The van der Waals surface area contributed by atoms with E-state index in [2.05, 4.69) is 52.8 Å². The van der Waals surface area contributed by atoms with E-state index < -0.39 is 151 Å². The molecule has 1 aromatic carbocycles. The number of aliphatic imine (C=N–C) groups is 1. The van der Waals surface area contributed by atoms with Crippen LogP contribution in [0.1, 0.15) is 141 Å². The van der Waals surface area contributed by atoms with E-state index in [0.717, 1.165) is 33.3 Å². The zero-order valence-electron chi connectivity index (χ0n) is 74.1. The van der Waals surface area contributed by atoms with Crippen LogP contribution in [0, 0.1) is 23.7 Å². The van der Waals surface area contributed by atoms with Gasteiger partial charge >= 0.3 is 30.6 Å². The van der Waals surface area contributed by atoms with E-state index in [1.807, 2.05) is 6.92 Å². The second-order valence-electron chi connectivity index (χ2n) is 29.6. The Morgan fingerprint density at radius 2 is 1.09 bits per heavy atom. The van der Waals surface area contributed by atoms with E-state index in [1.165, 1.54) is 0 Å². The number of thioether (sulfide) groups is 1. The molecule has 8 amide bonds. The number of ether oxygens (including phenoxy) is 8. The van der Waals surface area contributed by atoms with Crippen molar-refractivity contribution in [3.63, 3.8) is 0 Å². The summed E-state index contributed by atoms with van der Waals surface area (Å²) in [5, 5.41) is 37.4. The molecule has 2 bridgehead atoms. The van der Waals surface area contributed by atoms with Crippen LogP contribution in [-0.2, 0) is 146 Å². The Hall–Kier alpha value is -7.77. The molecule has 2 heterocycles. The number of carbonyl (C=O) groups is 16. The van der Waals surface area contributed by atoms with Crippen molar-refractivity contribution in [3.05, 3.63) is 58.0 Å². The number of Topliss-reactive ketones (excluding diaryl/α,β-unsaturated/α-hetero) is 7. The van der Waals surface area contributed by atoms with Gasteiger partial charge in [0.05, 0.1) is 89.0 Å². The Morgan fingerprint density at radius 1 is 0.550 bits per heavy atom. The average molecular weight is 1970 g/mol. The van der Waals surface area contributed by atoms with Crippen LogP contribution >= 0.6 is 33.3 Å². The number of fused-ring (bicyclic) bond motifs is 5. The van der Waals surface area contributed by atoms with Gasteiger partial charge in [0.15, 0.2) is 40.7 Å². The summed E-state index contributed by atoms with van der Waals surface area (Å²) < 4.78 is 58.9. The summed E-state index contributed by atoms with van der Waals surface area (Å²) in [4.78, 5) is 215. The van der Waals surface area contributed by atoms with E-state index in [0.29, 0.717) is 156 Å². The van der Waals surface area contributed by atoms with Crippen molar-refractivity contribution in [2.75, 3.05) is 194 Å². The summed E-state index contributed by atoms with van der Waals surface area (Å²) in [7, 11) is 2.04. The van der Waals surface area contributed by atoms with Gasteiger partial charge in [0, 0.05) is 140 Å². The quantitative estimate of drug-likeness (QED) is 0.0193. The molecule has 129 heavy (non-hydrogen) atoms. The maximum atomic E-state index is 14.7. The topological polar surface area (TPSA) is 652 Å². The number of carboxylic acids is 1. The van der Waals surface area contributed by atoms with Gasteiger partial charge in [-0.05, 0) is 83.6 Å². The number of ketones is 7. The summed E-state index contributed by atoms with van der Waals surface area (Å²) in [5.74, 6) is -13.9. The molecule has 0 radical (unpaired) electrons. The van der Waals surface area contributed by atoms with Crippen LogP contribution in [0.3, 0.4) is 0 Å². The van der Waals surface area contributed by atoms with E-state index in [4.69, 9.17) is 73.6 Å². The molecule has 2 aliphatic heterocycles. The second-order valence-corrected chi connectivity index (χ2v) is 33.5. The zero-order valence-corrected chi connectivity index (χ0v) is 78.4. The molecule has 7 atom stereocenters. The van der Waals surface area contributed by atoms with E-state index in [9.17, 15) is 81.8 Å². The SMILES string of the molecule is CCOCCCC(=O)[C@@H]1CSCC(=O)N[C@@H](CCCCNC(=O)CCCC(=O)CC(C[N-]CC[NH-])C[N-]CC[NH-])C(=O)N[C@H]2CSSC[C@H](NC(=O)[C@H](CC(=O)O)CC(=O)CNC(=O)[C@H](CCCN=C(N)N)CC2=O)C(=O)C[C@@H](Cc2ccccc2)C(=O)N1.CCOCCOCCCC(=O)COCC(=O)CCCOCCOCCOCCNC(=O)COCC(N)=O.[O]=[Tc+]=[O]. The first-order valence-electron chi connectivity index (χ1n) is 43.2. The van der Waals surface area contributed by atoms with Crippen LogP contribution in [0.15, 0.2) is 35.3 Å². The van der Waals surface area contributed by atoms with Crippen molar-refractivity contribution in [2.45, 2.75) is 166 Å². The van der Waals surface area contributed by atoms with Gasteiger partial charge in [-0.1, -0.05) is 57.8 Å². The van der Waals surface area contributed by atoms with Crippen LogP contribution in [-0.4, -0.2) is 323 Å². The summed E-state index contributed by atoms with van der Waals surface area (Å²) in [6.07, 6.45) is 1.37. The number of nitrogens with zero attached hydrogens (tertiary/aromatic N) is 3. The number of guanidine groups is 1. The van der Waals surface area contributed by atoms with Crippen LogP contribution in [0.25, 0.3) is 22.1 Å². The first-order valence-corrected chi connectivity index (χ1v) is 48.4. The molecule has 16 N–H and O–H groups in total. The number of primary amides is 1. The zero-order chi connectivity index (χ0) is 95.5. The molecule has 46 heteroatoms. The maximum absolute atomic E-state index is 14.7. The summed E-state index contributed by atoms with van der Waals surface area (Å²) in [5.41, 5.74) is 31.3. The number of benzene rings is 1. The van der Waals surface area contributed by atoms with Crippen LogP contribution in [0.4, 0.5) is 0 Å². The Kier molecular flexibility index (Phi) is 72.9. The molecule has 0 saturated carbocycles. The fraction of sp³-hybridized carbons (Fsp3) is 0.723. The summed E-state index contributed by atoms with van der Waals surface area (Å²) in [6, 6.07) is 3.60. The fourth-order valence-corrected chi connectivity index (χ4v) is 15.6. The predicted molar refractivity (Wildman–Crippen MR) is 477 cm³/mol. The monoisotopic (exact) mass is 1970 g/mol. The van der Waals surface area contributed by atoms with Crippen molar-refractivity contribution < 1.29 is 144 Å². The first-order chi connectivity index (χ1) is 62.1. The number of nitrogens with one attached hydrogen (secondary N) is 9. The molecule has 0 unspecified atom stereocenters. The van der Waals surface area contributed by atoms with Gasteiger partial charge in [-0.15, -0.1) is 24.9 Å².